The van der Waals surface area contributed by atoms with Crippen LogP contribution in [0, 0.1) is 0 Å². The fourth-order valence-corrected chi connectivity index (χ4v) is 1.13. The van der Waals surface area contributed by atoms with E-state index < -0.39 is 6.10 Å². The molecule has 1 rings (SSSR count). The zero-order valence-corrected chi connectivity index (χ0v) is 9.06. The second-order valence-corrected chi connectivity index (χ2v) is 3.25. The number of ether oxygens (including phenoxy) is 2. The molecule has 0 saturated heterocycles. The molecular weight excluding hydrogens is 194 g/mol. The van der Waals surface area contributed by atoms with Crippen molar-refractivity contribution in [3.8, 4) is 11.5 Å². The summed E-state index contributed by atoms with van der Waals surface area (Å²) in [5, 5.41) is 9.34. The lowest BCUT2D eigenvalue weighted by Gasteiger charge is -2.13. The highest BCUT2D eigenvalue weighted by Gasteiger charge is 2.08. The van der Waals surface area contributed by atoms with E-state index in [4.69, 9.17) is 15.2 Å². The summed E-state index contributed by atoms with van der Waals surface area (Å²) in [4.78, 5) is 0. The van der Waals surface area contributed by atoms with Gasteiger partial charge in [-0.3, -0.25) is 0 Å². The molecule has 0 bridgehead atoms. The largest absolute Gasteiger partial charge is 0.494 e. The van der Waals surface area contributed by atoms with E-state index in [1.54, 1.807) is 25.3 Å². The number of hydrogen-bond acceptors (Lipinski definition) is 4. The van der Waals surface area contributed by atoms with Crippen LogP contribution in [0.15, 0.2) is 18.2 Å². The van der Waals surface area contributed by atoms with E-state index in [1.165, 1.54) is 0 Å². The molecule has 0 saturated carbocycles. The van der Waals surface area contributed by atoms with E-state index in [9.17, 15) is 5.11 Å². The van der Waals surface area contributed by atoms with E-state index in [2.05, 4.69) is 0 Å². The predicted octanol–water partition coefficient (Wildman–Crippen LogP) is 1.43. The number of aliphatic hydroxyl groups excluding tert-OH is 1. The van der Waals surface area contributed by atoms with Crippen molar-refractivity contribution in [1.82, 2.24) is 0 Å². The first-order chi connectivity index (χ1) is 7.19. The van der Waals surface area contributed by atoms with Gasteiger partial charge < -0.3 is 20.3 Å². The average Bonchev–Trinajstić information content (AvgIpc) is 2.27. The number of aliphatic hydroxyl groups is 1. The summed E-state index contributed by atoms with van der Waals surface area (Å²) in [6.45, 7) is 2.14. The van der Waals surface area contributed by atoms with Gasteiger partial charge in [-0.2, -0.15) is 0 Å². The summed E-state index contributed by atoms with van der Waals surface area (Å²) in [5.74, 6) is 1.13. The number of rotatable bonds is 5. The normalized spacial score (nSPS) is 12.2. The highest BCUT2D eigenvalue weighted by molar-refractivity contribution is 5.62. The van der Waals surface area contributed by atoms with Crippen LogP contribution in [0.3, 0.4) is 0 Å². The molecule has 0 fully saturated rings. The maximum absolute atomic E-state index is 9.34. The topological polar surface area (TPSA) is 64.7 Å². The number of methoxy groups -OCH3 is 1. The Hall–Kier alpha value is -1.42. The van der Waals surface area contributed by atoms with Gasteiger partial charge in [0.2, 0.25) is 0 Å². The number of nitrogen functional groups attached to an aromatic ring is 1. The highest BCUT2D eigenvalue weighted by atomic mass is 16.5. The Morgan fingerprint density at radius 1 is 1.40 bits per heavy atom. The van der Waals surface area contributed by atoms with Crippen molar-refractivity contribution in [1.29, 1.82) is 0 Å². The SMILES string of the molecule is CCC(O)COc1cccc(OC)c1N. The van der Waals surface area contributed by atoms with Crippen molar-refractivity contribution < 1.29 is 14.6 Å². The van der Waals surface area contributed by atoms with Gasteiger partial charge in [0.15, 0.2) is 0 Å². The Bertz CT molecular complexity index is 315. The second-order valence-electron chi connectivity index (χ2n) is 3.25. The summed E-state index contributed by atoms with van der Waals surface area (Å²) in [6.07, 6.45) is 0.194. The van der Waals surface area contributed by atoms with Gasteiger partial charge in [0.1, 0.15) is 23.8 Å². The maximum Gasteiger partial charge on any atom is 0.146 e. The number of anilines is 1. The first kappa shape index (κ1) is 11.7. The molecule has 84 valence electrons. The number of hydrogen-bond donors (Lipinski definition) is 2. The van der Waals surface area contributed by atoms with Gasteiger partial charge in [0, 0.05) is 0 Å². The molecule has 1 aromatic rings. The molecule has 0 aliphatic carbocycles. The molecule has 0 aliphatic rings. The minimum Gasteiger partial charge on any atom is -0.494 e. The summed E-state index contributed by atoms with van der Waals surface area (Å²) >= 11 is 0. The lowest BCUT2D eigenvalue weighted by molar-refractivity contribution is 0.104. The van der Waals surface area contributed by atoms with Crippen LogP contribution >= 0.6 is 0 Å². The number of benzene rings is 1. The third-order valence-electron chi connectivity index (χ3n) is 2.15. The van der Waals surface area contributed by atoms with Gasteiger partial charge in [-0.15, -0.1) is 0 Å². The van der Waals surface area contributed by atoms with E-state index >= 15 is 0 Å². The zero-order valence-electron chi connectivity index (χ0n) is 9.06. The molecular formula is C11H17NO3. The molecule has 0 aromatic heterocycles. The average molecular weight is 211 g/mol. The molecule has 4 heteroatoms. The first-order valence-corrected chi connectivity index (χ1v) is 4.92. The lowest BCUT2D eigenvalue weighted by atomic mass is 10.2. The zero-order chi connectivity index (χ0) is 11.3. The molecule has 0 heterocycles. The van der Waals surface area contributed by atoms with Gasteiger partial charge in [-0.1, -0.05) is 13.0 Å². The van der Waals surface area contributed by atoms with Crippen molar-refractivity contribution in [2.24, 2.45) is 0 Å². The molecule has 4 nitrogen and oxygen atoms in total. The lowest BCUT2D eigenvalue weighted by Crippen LogP contribution is -2.16. The van der Waals surface area contributed by atoms with E-state index in [-0.39, 0.29) is 6.61 Å². The Morgan fingerprint density at radius 3 is 2.67 bits per heavy atom. The van der Waals surface area contributed by atoms with E-state index in [0.717, 1.165) is 0 Å². The minimum absolute atomic E-state index is 0.244. The molecule has 1 atom stereocenters. The standard InChI is InChI=1S/C11H17NO3/c1-3-8(13)7-15-10-6-4-5-9(14-2)11(10)12/h4-6,8,13H,3,7,12H2,1-2H3. The highest BCUT2D eigenvalue weighted by Crippen LogP contribution is 2.30. The minimum atomic E-state index is -0.462. The predicted molar refractivity (Wildman–Crippen MR) is 59.2 cm³/mol. The van der Waals surface area contributed by atoms with Crippen LogP contribution < -0.4 is 15.2 Å². The monoisotopic (exact) mass is 211 g/mol. The Morgan fingerprint density at radius 2 is 2.07 bits per heavy atom. The molecule has 0 radical (unpaired) electrons. The van der Waals surface area contributed by atoms with E-state index in [1.807, 2.05) is 6.92 Å². The van der Waals surface area contributed by atoms with Crippen LogP contribution in [0.2, 0.25) is 0 Å². The fraction of sp³-hybridized carbons (Fsp3) is 0.455. The van der Waals surface area contributed by atoms with Crippen molar-refractivity contribution in [3.63, 3.8) is 0 Å². The van der Waals surface area contributed by atoms with Gasteiger partial charge in [0.25, 0.3) is 0 Å². The van der Waals surface area contributed by atoms with Crippen molar-refractivity contribution >= 4 is 5.69 Å². The Kier molecular flexibility index (Phi) is 4.24. The summed E-state index contributed by atoms with van der Waals surface area (Å²) in [6, 6.07) is 5.31. The Balaban J connectivity index is 2.68. The smallest absolute Gasteiger partial charge is 0.146 e. The van der Waals surface area contributed by atoms with Crippen LogP contribution in [0.5, 0.6) is 11.5 Å². The quantitative estimate of drug-likeness (QED) is 0.723. The molecule has 15 heavy (non-hydrogen) atoms. The van der Waals surface area contributed by atoms with Gasteiger partial charge in [0.05, 0.1) is 13.2 Å². The first-order valence-electron chi connectivity index (χ1n) is 4.92. The van der Waals surface area contributed by atoms with Crippen LogP contribution in [-0.2, 0) is 0 Å². The summed E-state index contributed by atoms with van der Waals surface area (Å²) in [5.41, 5.74) is 6.25. The Labute approximate surface area is 89.6 Å². The van der Waals surface area contributed by atoms with Crippen molar-refractivity contribution in [2.75, 3.05) is 19.5 Å². The van der Waals surface area contributed by atoms with Gasteiger partial charge in [-0.05, 0) is 18.6 Å². The van der Waals surface area contributed by atoms with Crippen LogP contribution in [-0.4, -0.2) is 24.9 Å². The third kappa shape index (κ3) is 3.02. The van der Waals surface area contributed by atoms with Crippen LogP contribution in [0.1, 0.15) is 13.3 Å². The number of para-hydroxylation sites is 1. The third-order valence-corrected chi connectivity index (χ3v) is 2.15. The summed E-state index contributed by atoms with van der Waals surface area (Å²) in [7, 11) is 1.55. The van der Waals surface area contributed by atoms with Crippen molar-refractivity contribution in [2.45, 2.75) is 19.4 Å². The fourth-order valence-electron chi connectivity index (χ4n) is 1.13. The molecule has 0 amide bonds. The van der Waals surface area contributed by atoms with Gasteiger partial charge in [-0.25, -0.2) is 0 Å². The molecule has 1 aromatic carbocycles. The van der Waals surface area contributed by atoms with Crippen LogP contribution in [0.25, 0.3) is 0 Å². The second kappa shape index (κ2) is 5.46. The van der Waals surface area contributed by atoms with Crippen molar-refractivity contribution in [3.05, 3.63) is 18.2 Å². The van der Waals surface area contributed by atoms with Gasteiger partial charge >= 0.3 is 0 Å². The van der Waals surface area contributed by atoms with E-state index in [0.29, 0.717) is 23.6 Å². The number of nitrogens with two attached hydrogens (primary N) is 1. The summed E-state index contributed by atoms with van der Waals surface area (Å²) < 4.78 is 10.4. The van der Waals surface area contributed by atoms with Crippen LogP contribution in [0.4, 0.5) is 5.69 Å². The molecule has 3 N–H and O–H groups in total. The molecule has 0 aliphatic heterocycles. The molecule has 0 spiro atoms. The maximum atomic E-state index is 9.34. The molecule has 1 unspecified atom stereocenters.